The molecule has 2 amide bonds. The van der Waals surface area contributed by atoms with E-state index in [0.717, 1.165) is 6.07 Å². The van der Waals surface area contributed by atoms with Gasteiger partial charge in [0.25, 0.3) is 0 Å². The first-order valence-electron chi connectivity index (χ1n) is 7.06. The van der Waals surface area contributed by atoms with Crippen molar-refractivity contribution in [1.82, 2.24) is 0 Å². The Morgan fingerprint density at radius 1 is 1.00 bits per heavy atom. The van der Waals surface area contributed by atoms with E-state index < -0.39 is 11.7 Å². The molecule has 0 fully saturated rings. The van der Waals surface area contributed by atoms with E-state index >= 15 is 0 Å². The molecular formula is C17H16F2N2O2. The molecule has 2 rings (SSSR count). The van der Waals surface area contributed by atoms with Gasteiger partial charge in [-0.15, -0.1) is 0 Å². The molecule has 0 saturated carbocycles. The fraction of sp³-hybridized carbons (Fsp3) is 0.176. The SMILES string of the molecule is CC(=O)Nc1ccc(F)c(NC(=O)CCc2ccccc2F)c1. The van der Waals surface area contributed by atoms with Crippen molar-refractivity contribution >= 4 is 23.2 Å². The quantitative estimate of drug-likeness (QED) is 0.886. The maximum absolute atomic E-state index is 13.7. The largest absolute Gasteiger partial charge is 0.326 e. The lowest BCUT2D eigenvalue weighted by Crippen LogP contribution is -2.14. The van der Waals surface area contributed by atoms with E-state index in [9.17, 15) is 18.4 Å². The van der Waals surface area contributed by atoms with Gasteiger partial charge in [-0.1, -0.05) is 18.2 Å². The number of carbonyl (C=O) groups is 2. The number of hydrogen-bond acceptors (Lipinski definition) is 2. The Morgan fingerprint density at radius 2 is 1.74 bits per heavy atom. The molecule has 0 radical (unpaired) electrons. The second-order valence-electron chi connectivity index (χ2n) is 5.02. The molecule has 23 heavy (non-hydrogen) atoms. The number of halogens is 2. The van der Waals surface area contributed by atoms with Gasteiger partial charge in [-0.2, -0.15) is 0 Å². The third-order valence-corrected chi connectivity index (χ3v) is 3.14. The molecule has 0 aliphatic heterocycles. The van der Waals surface area contributed by atoms with Gasteiger partial charge in [0.15, 0.2) is 0 Å². The lowest BCUT2D eigenvalue weighted by Gasteiger charge is -2.09. The number of rotatable bonds is 5. The van der Waals surface area contributed by atoms with Gasteiger partial charge in [0.1, 0.15) is 11.6 Å². The number of anilines is 2. The van der Waals surface area contributed by atoms with Gasteiger partial charge in [0.05, 0.1) is 5.69 Å². The monoisotopic (exact) mass is 318 g/mol. The Balaban J connectivity index is 1.99. The Bertz CT molecular complexity index is 732. The topological polar surface area (TPSA) is 58.2 Å². The van der Waals surface area contributed by atoms with E-state index in [2.05, 4.69) is 10.6 Å². The van der Waals surface area contributed by atoms with E-state index in [1.807, 2.05) is 0 Å². The molecule has 0 aromatic heterocycles. The van der Waals surface area contributed by atoms with Gasteiger partial charge in [-0.25, -0.2) is 8.78 Å². The number of nitrogens with one attached hydrogen (secondary N) is 2. The summed E-state index contributed by atoms with van der Waals surface area (Å²) in [5.74, 6) is -1.72. The molecule has 0 aliphatic carbocycles. The zero-order chi connectivity index (χ0) is 16.8. The van der Waals surface area contributed by atoms with Crippen molar-refractivity contribution in [3.8, 4) is 0 Å². The van der Waals surface area contributed by atoms with Gasteiger partial charge >= 0.3 is 0 Å². The molecule has 0 spiro atoms. The minimum Gasteiger partial charge on any atom is -0.326 e. The molecular weight excluding hydrogens is 302 g/mol. The summed E-state index contributed by atoms with van der Waals surface area (Å²) in [6, 6.07) is 10.1. The van der Waals surface area contributed by atoms with Crippen molar-refractivity contribution in [3.63, 3.8) is 0 Å². The van der Waals surface area contributed by atoms with Gasteiger partial charge in [-0.3, -0.25) is 9.59 Å². The van der Waals surface area contributed by atoms with E-state index in [4.69, 9.17) is 0 Å². The van der Waals surface area contributed by atoms with Crippen LogP contribution in [-0.2, 0) is 16.0 Å². The third-order valence-electron chi connectivity index (χ3n) is 3.14. The highest BCUT2D eigenvalue weighted by Gasteiger charge is 2.10. The average molecular weight is 318 g/mol. The van der Waals surface area contributed by atoms with Crippen molar-refractivity contribution < 1.29 is 18.4 Å². The molecule has 0 heterocycles. The van der Waals surface area contributed by atoms with Crippen LogP contribution in [0.1, 0.15) is 18.9 Å². The summed E-state index contributed by atoms with van der Waals surface area (Å²) in [5.41, 5.74) is 0.771. The van der Waals surface area contributed by atoms with Crippen molar-refractivity contribution in [2.75, 3.05) is 10.6 Å². The maximum atomic E-state index is 13.7. The average Bonchev–Trinajstić information content (AvgIpc) is 2.49. The highest BCUT2D eigenvalue weighted by molar-refractivity contribution is 5.93. The number of benzene rings is 2. The normalized spacial score (nSPS) is 10.2. The molecule has 0 saturated heterocycles. The van der Waals surface area contributed by atoms with Crippen LogP contribution in [0, 0.1) is 11.6 Å². The van der Waals surface area contributed by atoms with Crippen molar-refractivity contribution in [2.45, 2.75) is 19.8 Å². The fourth-order valence-corrected chi connectivity index (χ4v) is 2.06. The lowest BCUT2D eigenvalue weighted by molar-refractivity contribution is -0.116. The van der Waals surface area contributed by atoms with Gasteiger partial charge in [-0.05, 0) is 36.2 Å². The molecule has 2 N–H and O–H groups in total. The first-order valence-corrected chi connectivity index (χ1v) is 7.06. The predicted octanol–water partition coefficient (Wildman–Crippen LogP) is 3.49. The zero-order valence-corrected chi connectivity index (χ0v) is 12.5. The van der Waals surface area contributed by atoms with Crippen LogP contribution in [0.5, 0.6) is 0 Å². The van der Waals surface area contributed by atoms with Crippen LogP contribution in [0.3, 0.4) is 0 Å². The standard InChI is InChI=1S/C17H16F2N2O2/c1-11(22)20-13-7-8-15(19)16(10-13)21-17(23)9-6-12-4-2-3-5-14(12)18/h2-5,7-8,10H,6,9H2,1H3,(H,20,22)(H,21,23). The summed E-state index contributed by atoms with van der Waals surface area (Å²) >= 11 is 0. The molecule has 120 valence electrons. The van der Waals surface area contributed by atoms with E-state index in [0.29, 0.717) is 11.3 Å². The second-order valence-corrected chi connectivity index (χ2v) is 5.02. The molecule has 2 aromatic carbocycles. The first kappa shape index (κ1) is 16.6. The van der Waals surface area contributed by atoms with Crippen LogP contribution >= 0.6 is 0 Å². The predicted molar refractivity (Wildman–Crippen MR) is 84.1 cm³/mol. The van der Waals surface area contributed by atoms with Crippen LogP contribution < -0.4 is 10.6 Å². The third kappa shape index (κ3) is 4.88. The number of aryl methyl sites for hydroxylation is 1. The molecule has 4 nitrogen and oxygen atoms in total. The smallest absolute Gasteiger partial charge is 0.224 e. The van der Waals surface area contributed by atoms with Crippen molar-refractivity contribution in [1.29, 1.82) is 0 Å². The van der Waals surface area contributed by atoms with E-state index in [1.54, 1.807) is 18.2 Å². The molecule has 2 aromatic rings. The molecule has 0 unspecified atom stereocenters. The summed E-state index contributed by atoms with van der Waals surface area (Å²) in [4.78, 5) is 22.9. The minimum atomic E-state index is -0.613. The van der Waals surface area contributed by atoms with Crippen LogP contribution in [0.15, 0.2) is 42.5 Å². The summed E-state index contributed by atoms with van der Waals surface area (Å²) in [7, 11) is 0. The zero-order valence-electron chi connectivity index (χ0n) is 12.5. The lowest BCUT2D eigenvalue weighted by atomic mass is 10.1. The van der Waals surface area contributed by atoms with Gasteiger partial charge < -0.3 is 10.6 Å². The second kappa shape index (κ2) is 7.49. The highest BCUT2D eigenvalue weighted by atomic mass is 19.1. The van der Waals surface area contributed by atoms with Crippen LogP contribution in [0.2, 0.25) is 0 Å². The Labute approximate surface area is 132 Å². The maximum Gasteiger partial charge on any atom is 0.224 e. The summed E-state index contributed by atoms with van der Waals surface area (Å²) in [6.07, 6.45) is 0.232. The van der Waals surface area contributed by atoms with Crippen LogP contribution in [0.4, 0.5) is 20.2 Å². The molecule has 0 bridgehead atoms. The summed E-state index contributed by atoms with van der Waals surface area (Å²) < 4.78 is 27.2. The summed E-state index contributed by atoms with van der Waals surface area (Å²) in [5, 5.41) is 4.93. The van der Waals surface area contributed by atoms with Crippen molar-refractivity contribution in [2.24, 2.45) is 0 Å². The fourth-order valence-electron chi connectivity index (χ4n) is 2.06. The van der Waals surface area contributed by atoms with Gasteiger partial charge in [0, 0.05) is 19.0 Å². The molecule has 6 heteroatoms. The van der Waals surface area contributed by atoms with E-state index in [1.165, 1.54) is 25.1 Å². The van der Waals surface area contributed by atoms with Crippen LogP contribution in [-0.4, -0.2) is 11.8 Å². The van der Waals surface area contributed by atoms with Crippen molar-refractivity contribution in [3.05, 3.63) is 59.7 Å². The highest BCUT2D eigenvalue weighted by Crippen LogP contribution is 2.20. The Kier molecular flexibility index (Phi) is 5.41. The number of amides is 2. The molecule has 0 atom stereocenters. The van der Waals surface area contributed by atoms with Crippen LogP contribution in [0.25, 0.3) is 0 Å². The Morgan fingerprint density at radius 3 is 2.43 bits per heavy atom. The number of carbonyl (C=O) groups excluding carboxylic acids is 2. The van der Waals surface area contributed by atoms with E-state index in [-0.39, 0.29) is 30.3 Å². The van der Waals surface area contributed by atoms with Gasteiger partial charge in [0.2, 0.25) is 11.8 Å². The minimum absolute atomic E-state index is 0.0186. The number of hydrogen-bond donors (Lipinski definition) is 2. The first-order chi connectivity index (χ1) is 11.0. The Hall–Kier alpha value is -2.76. The summed E-state index contributed by atoms with van der Waals surface area (Å²) in [6.45, 7) is 1.33. The molecule has 0 aliphatic rings.